The van der Waals surface area contributed by atoms with E-state index in [0.717, 1.165) is 5.71 Å². The lowest BCUT2D eigenvalue weighted by molar-refractivity contribution is 0.331. The second-order valence-corrected chi connectivity index (χ2v) is 3.77. The minimum atomic E-state index is 0.256. The molecule has 0 aromatic carbocycles. The average molecular weight is 127 g/mol. The molecule has 0 aromatic rings. The molecule has 0 aliphatic heterocycles. The maximum Gasteiger partial charge on any atom is 0.00915 e. The fraction of sp³-hybridized carbons (Fsp3) is 0.875. The molecular formula is C8H17N. The molecule has 1 unspecified atom stereocenters. The summed E-state index contributed by atoms with van der Waals surface area (Å²) in [6.45, 7) is 10.5. The van der Waals surface area contributed by atoms with E-state index in [0.29, 0.717) is 5.92 Å². The van der Waals surface area contributed by atoms with E-state index in [9.17, 15) is 0 Å². The van der Waals surface area contributed by atoms with Crippen molar-refractivity contribution in [2.45, 2.75) is 34.6 Å². The Morgan fingerprint density at radius 1 is 1.33 bits per heavy atom. The number of rotatable bonds is 1. The molecule has 1 atom stereocenters. The van der Waals surface area contributed by atoms with Crippen LogP contribution in [0, 0.1) is 16.7 Å². The van der Waals surface area contributed by atoms with Crippen LogP contribution in [-0.2, 0) is 0 Å². The van der Waals surface area contributed by atoms with Crippen molar-refractivity contribution in [1.29, 1.82) is 5.41 Å². The topological polar surface area (TPSA) is 23.9 Å². The smallest absolute Gasteiger partial charge is 0.00915 e. The van der Waals surface area contributed by atoms with Crippen molar-refractivity contribution in [2.24, 2.45) is 11.3 Å². The van der Waals surface area contributed by atoms with Crippen molar-refractivity contribution < 1.29 is 0 Å². The number of nitrogens with one attached hydrogen (secondary N) is 1. The molecule has 0 fully saturated rings. The van der Waals surface area contributed by atoms with Gasteiger partial charge in [0, 0.05) is 5.71 Å². The van der Waals surface area contributed by atoms with E-state index in [2.05, 4.69) is 27.7 Å². The fourth-order valence-corrected chi connectivity index (χ4v) is 0.650. The molecule has 0 rings (SSSR count). The minimum absolute atomic E-state index is 0.256. The molecule has 0 bridgehead atoms. The van der Waals surface area contributed by atoms with Crippen LogP contribution in [0.3, 0.4) is 0 Å². The van der Waals surface area contributed by atoms with Gasteiger partial charge in [-0.25, -0.2) is 0 Å². The molecule has 0 heterocycles. The Hall–Kier alpha value is -0.330. The number of hydrogen-bond donors (Lipinski definition) is 1. The van der Waals surface area contributed by atoms with Crippen molar-refractivity contribution in [1.82, 2.24) is 0 Å². The van der Waals surface area contributed by atoms with Gasteiger partial charge < -0.3 is 5.41 Å². The first-order valence-corrected chi connectivity index (χ1v) is 3.40. The Balaban J connectivity index is 4.04. The zero-order valence-corrected chi connectivity index (χ0v) is 7.08. The molecule has 0 spiro atoms. The van der Waals surface area contributed by atoms with Crippen LogP contribution in [0.5, 0.6) is 0 Å². The summed E-state index contributed by atoms with van der Waals surface area (Å²) >= 11 is 0. The van der Waals surface area contributed by atoms with Gasteiger partial charge in [-0.2, -0.15) is 0 Å². The van der Waals surface area contributed by atoms with Gasteiger partial charge in [0.2, 0.25) is 0 Å². The Morgan fingerprint density at radius 3 is 1.67 bits per heavy atom. The van der Waals surface area contributed by atoms with E-state index in [1.807, 2.05) is 6.92 Å². The van der Waals surface area contributed by atoms with Crippen LogP contribution in [0.15, 0.2) is 0 Å². The lowest BCUT2D eigenvalue weighted by atomic mass is 9.80. The Labute approximate surface area is 58.0 Å². The number of hydrogen-bond acceptors (Lipinski definition) is 1. The van der Waals surface area contributed by atoms with Crippen molar-refractivity contribution >= 4 is 5.71 Å². The SMILES string of the molecule is CC(=N)C(C)C(C)(C)C. The summed E-state index contributed by atoms with van der Waals surface area (Å²) < 4.78 is 0. The van der Waals surface area contributed by atoms with Crippen molar-refractivity contribution in [2.75, 3.05) is 0 Å². The van der Waals surface area contributed by atoms with E-state index < -0.39 is 0 Å². The van der Waals surface area contributed by atoms with Crippen LogP contribution in [0.25, 0.3) is 0 Å². The van der Waals surface area contributed by atoms with Crippen LogP contribution in [0.4, 0.5) is 0 Å². The zero-order chi connectivity index (χ0) is 7.65. The summed E-state index contributed by atoms with van der Waals surface area (Å²) in [6.07, 6.45) is 0. The van der Waals surface area contributed by atoms with Crippen LogP contribution >= 0.6 is 0 Å². The first kappa shape index (κ1) is 8.67. The van der Waals surface area contributed by atoms with Gasteiger partial charge in [0.05, 0.1) is 0 Å². The largest absolute Gasteiger partial charge is 0.310 e. The third kappa shape index (κ3) is 2.64. The third-order valence-electron chi connectivity index (χ3n) is 1.95. The fourth-order valence-electron chi connectivity index (χ4n) is 0.650. The molecule has 0 saturated carbocycles. The molecule has 54 valence electrons. The highest BCUT2D eigenvalue weighted by Crippen LogP contribution is 2.25. The molecule has 0 aliphatic rings. The van der Waals surface area contributed by atoms with Gasteiger partial charge in [-0.3, -0.25) is 0 Å². The molecule has 1 heteroatoms. The minimum Gasteiger partial charge on any atom is -0.310 e. The first-order valence-electron chi connectivity index (χ1n) is 3.40. The quantitative estimate of drug-likeness (QED) is 0.524. The second-order valence-electron chi connectivity index (χ2n) is 3.77. The maximum absolute atomic E-state index is 7.36. The standard InChI is InChI=1S/C8H17N/c1-6(7(2)9)8(3,4)5/h6,9H,1-5H3. The molecule has 9 heavy (non-hydrogen) atoms. The van der Waals surface area contributed by atoms with Crippen LogP contribution in [0.2, 0.25) is 0 Å². The summed E-state index contributed by atoms with van der Waals surface area (Å²) in [5.74, 6) is 0.400. The predicted octanol–water partition coefficient (Wildman–Crippen LogP) is 2.71. The highest BCUT2D eigenvalue weighted by atomic mass is 14.4. The summed E-state index contributed by atoms with van der Waals surface area (Å²) in [5.41, 5.74) is 1.04. The van der Waals surface area contributed by atoms with E-state index >= 15 is 0 Å². The van der Waals surface area contributed by atoms with Gasteiger partial charge in [0.15, 0.2) is 0 Å². The van der Waals surface area contributed by atoms with Gasteiger partial charge in [0.25, 0.3) is 0 Å². The Kier molecular flexibility index (Phi) is 2.41. The maximum atomic E-state index is 7.36. The van der Waals surface area contributed by atoms with E-state index in [4.69, 9.17) is 5.41 Å². The van der Waals surface area contributed by atoms with Gasteiger partial charge in [-0.1, -0.05) is 27.7 Å². The lowest BCUT2D eigenvalue weighted by Crippen LogP contribution is -2.22. The lowest BCUT2D eigenvalue weighted by Gasteiger charge is -2.26. The van der Waals surface area contributed by atoms with Gasteiger partial charge >= 0.3 is 0 Å². The molecule has 1 N–H and O–H groups in total. The highest BCUT2D eigenvalue weighted by Gasteiger charge is 2.20. The monoisotopic (exact) mass is 127 g/mol. The summed E-state index contributed by atoms with van der Waals surface area (Å²) in [6, 6.07) is 0. The summed E-state index contributed by atoms with van der Waals surface area (Å²) in [4.78, 5) is 0. The van der Waals surface area contributed by atoms with E-state index in [1.165, 1.54) is 0 Å². The summed E-state index contributed by atoms with van der Waals surface area (Å²) in [7, 11) is 0. The average Bonchev–Trinajstić information content (AvgIpc) is 1.62. The van der Waals surface area contributed by atoms with E-state index in [1.54, 1.807) is 0 Å². The van der Waals surface area contributed by atoms with Gasteiger partial charge in [-0.15, -0.1) is 0 Å². The van der Waals surface area contributed by atoms with E-state index in [-0.39, 0.29) is 5.41 Å². The van der Waals surface area contributed by atoms with Crippen molar-refractivity contribution in [3.8, 4) is 0 Å². The Morgan fingerprint density at radius 2 is 1.67 bits per heavy atom. The second kappa shape index (κ2) is 2.51. The molecule has 0 radical (unpaired) electrons. The van der Waals surface area contributed by atoms with Crippen LogP contribution < -0.4 is 0 Å². The molecular weight excluding hydrogens is 110 g/mol. The molecule has 0 aromatic heterocycles. The molecule has 0 saturated heterocycles. The first-order chi connectivity index (χ1) is 3.85. The molecule has 0 aliphatic carbocycles. The van der Waals surface area contributed by atoms with Gasteiger partial charge in [0.1, 0.15) is 0 Å². The normalized spacial score (nSPS) is 15.2. The summed E-state index contributed by atoms with van der Waals surface area (Å²) in [5, 5.41) is 7.36. The zero-order valence-electron chi connectivity index (χ0n) is 7.08. The Bertz CT molecular complexity index is 108. The third-order valence-corrected chi connectivity index (χ3v) is 1.95. The van der Waals surface area contributed by atoms with Crippen molar-refractivity contribution in [3.05, 3.63) is 0 Å². The molecule has 1 nitrogen and oxygen atoms in total. The molecule has 0 amide bonds. The predicted molar refractivity (Wildman–Crippen MR) is 42.0 cm³/mol. The van der Waals surface area contributed by atoms with Crippen molar-refractivity contribution in [3.63, 3.8) is 0 Å². The van der Waals surface area contributed by atoms with Crippen LogP contribution in [-0.4, -0.2) is 5.71 Å². The van der Waals surface area contributed by atoms with Gasteiger partial charge in [-0.05, 0) is 18.3 Å². The van der Waals surface area contributed by atoms with Crippen LogP contribution in [0.1, 0.15) is 34.6 Å². The highest BCUT2D eigenvalue weighted by molar-refractivity contribution is 5.81.